The lowest BCUT2D eigenvalue weighted by molar-refractivity contribution is -0.144. The number of Topliss-reactive ketones (excluding diaryl/α,β-unsaturated/α-hetero) is 1. The van der Waals surface area contributed by atoms with E-state index in [2.05, 4.69) is 5.32 Å². The van der Waals surface area contributed by atoms with Crippen LogP contribution in [0.2, 0.25) is 0 Å². The molecule has 6 heteroatoms. The molecule has 0 saturated carbocycles. The Kier molecular flexibility index (Phi) is 8.06. The van der Waals surface area contributed by atoms with Crippen LogP contribution < -0.4 is 11.1 Å². The highest BCUT2D eigenvalue weighted by Crippen LogP contribution is 2.16. The van der Waals surface area contributed by atoms with E-state index in [4.69, 9.17) is 10.8 Å². The SMILES string of the molecule is CC(C)CC(CC(=O)NC(CN)C(=O)C(C)C)C(=O)O. The number of rotatable bonds is 9. The molecule has 0 aromatic carbocycles. The van der Waals surface area contributed by atoms with Gasteiger partial charge in [-0.15, -0.1) is 0 Å². The lowest BCUT2D eigenvalue weighted by Gasteiger charge is -2.19. The minimum Gasteiger partial charge on any atom is -0.481 e. The van der Waals surface area contributed by atoms with Crippen molar-refractivity contribution in [3.8, 4) is 0 Å². The molecule has 0 spiro atoms. The topological polar surface area (TPSA) is 109 Å². The van der Waals surface area contributed by atoms with Crippen LogP contribution in [0.1, 0.15) is 40.5 Å². The summed E-state index contributed by atoms with van der Waals surface area (Å²) in [4.78, 5) is 34.7. The highest BCUT2D eigenvalue weighted by Gasteiger charge is 2.26. The molecule has 1 amide bonds. The first kappa shape index (κ1) is 18.6. The van der Waals surface area contributed by atoms with Crippen LogP contribution >= 0.6 is 0 Å². The number of carboxylic acid groups (broad SMARTS) is 1. The van der Waals surface area contributed by atoms with E-state index in [9.17, 15) is 14.4 Å². The molecular weight excluding hydrogens is 260 g/mol. The molecule has 0 saturated heterocycles. The molecule has 0 aromatic rings. The Labute approximate surface area is 120 Å². The smallest absolute Gasteiger partial charge is 0.307 e. The fourth-order valence-electron chi connectivity index (χ4n) is 1.97. The Morgan fingerprint density at radius 2 is 1.70 bits per heavy atom. The number of carbonyl (C=O) groups excluding carboxylic acids is 2. The summed E-state index contributed by atoms with van der Waals surface area (Å²) in [5.74, 6) is -2.35. The number of nitrogens with one attached hydrogen (secondary N) is 1. The van der Waals surface area contributed by atoms with Gasteiger partial charge in [0, 0.05) is 18.9 Å². The quantitative estimate of drug-likeness (QED) is 0.580. The van der Waals surface area contributed by atoms with E-state index < -0.39 is 23.8 Å². The third-order valence-electron chi connectivity index (χ3n) is 3.02. The molecule has 6 nitrogen and oxygen atoms in total. The number of amides is 1. The van der Waals surface area contributed by atoms with Gasteiger partial charge in [-0.05, 0) is 12.3 Å². The molecule has 0 aliphatic carbocycles. The maximum absolute atomic E-state index is 11.9. The summed E-state index contributed by atoms with van der Waals surface area (Å²) in [7, 11) is 0. The summed E-state index contributed by atoms with van der Waals surface area (Å²) in [6.07, 6.45) is 0.295. The van der Waals surface area contributed by atoms with Crippen molar-refractivity contribution in [3.63, 3.8) is 0 Å². The van der Waals surface area contributed by atoms with Crippen LogP contribution in [0.5, 0.6) is 0 Å². The Hall–Kier alpha value is -1.43. The van der Waals surface area contributed by atoms with Crippen molar-refractivity contribution in [2.24, 2.45) is 23.5 Å². The predicted octanol–water partition coefficient (Wildman–Crippen LogP) is 0.792. The molecule has 116 valence electrons. The second-order valence-corrected chi connectivity index (χ2v) is 5.78. The molecule has 0 rings (SSSR count). The van der Waals surface area contributed by atoms with Crippen molar-refractivity contribution in [1.29, 1.82) is 0 Å². The summed E-state index contributed by atoms with van der Waals surface area (Å²) in [6.45, 7) is 7.29. The van der Waals surface area contributed by atoms with E-state index in [1.54, 1.807) is 13.8 Å². The summed E-state index contributed by atoms with van der Waals surface area (Å²) >= 11 is 0. The van der Waals surface area contributed by atoms with Gasteiger partial charge < -0.3 is 16.2 Å². The molecule has 4 N–H and O–H groups in total. The maximum atomic E-state index is 11.9. The second kappa shape index (κ2) is 8.68. The number of carbonyl (C=O) groups is 3. The van der Waals surface area contributed by atoms with Gasteiger partial charge in [0.05, 0.1) is 12.0 Å². The van der Waals surface area contributed by atoms with E-state index in [1.165, 1.54) is 0 Å². The number of carboxylic acids is 1. The molecule has 0 aliphatic heterocycles. The number of nitrogens with two attached hydrogens (primary N) is 1. The molecule has 20 heavy (non-hydrogen) atoms. The van der Waals surface area contributed by atoms with Crippen LogP contribution in [0.3, 0.4) is 0 Å². The highest BCUT2D eigenvalue weighted by atomic mass is 16.4. The average Bonchev–Trinajstić information content (AvgIpc) is 2.33. The molecule has 0 bridgehead atoms. The first-order valence-electron chi connectivity index (χ1n) is 6.94. The third kappa shape index (κ3) is 6.65. The van der Waals surface area contributed by atoms with Crippen LogP contribution in [0, 0.1) is 17.8 Å². The summed E-state index contributed by atoms with van der Waals surface area (Å²) in [6, 6.07) is -0.740. The van der Waals surface area contributed by atoms with Crippen molar-refractivity contribution >= 4 is 17.7 Å². The Balaban J connectivity index is 4.58. The first-order chi connectivity index (χ1) is 9.18. The van der Waals surface area contributed by atoms with Gasteiger partial charge >= 0.3 is 5.97 Å². The lowest BCUT2D eigenvalue weighted by atomic mass is 9.93. The van der Waals surface area contributed by atoms with Crippen LogP contribution in [-0.4, -0.2) is 35.4 Å². The summed E-state index contributed by atoms with van der Waals surface area (Å²) in [5.41, 5.74) is 5.48. The van der Waals surface area contributed by atoms with E-state index in [1.807, 2.05) is 13.8 Å². The third-order valence-corrected chi connectivity index (χ3v) is 3.02. The minimum atomic E-state index is -0.992. The molecule has 0 aromatic heterocycles. The lowest BCUT2D eigenvalue weighted by Crippen LogP contribution is -2.48. The number of ketones is 1. The normalized spacial score (nSPS) is 14.2. The molecule has 2 atom stereocenters. The Morgan fingerprint density at radius 3 is 2.05 bits per heavy atom. The van der Waals surface area contributed by atoms with Crippen molar-refractivity contribution < 1.29 is 19.5 Å². The van der Waals surface area contributed by atoms with Crippen molar-refractivity contribution in [1.82, 2.24) is 5.32 Å². The van der Waals surface area contributed by atoms with E-state index in [-0.39, 0.29) is 30.6 Å². The molecule has 0 fully saturated rings. The zero-order valence-electron chi connectivity index (χ0n) is 12.7. The second-order valence-electron chi connectivity index (χ2n) is 5.78. The van der Waals surface area contributed by atoms with Gasteiger partial charge in [0.25, 0.3) is 0 Å². The largest absolute Gasteiger partial charge is 0.481 e. The minimum absolute atomic E-state index is 0.0185. The first-order valence-corrected chi connectivity index (χ1v) is 6.94. The van der Waals surface area contributed by atoms with Gasteiger partial charge in [-0.2, -0.15) is 0 Å². The number of aliphatic carboxylic acids is 1. The zero-order valence-corrected chi connectivity index (χ0v) is 12.7. The number of hydrogen-bond acceptors (Lipinski definition) is 4. The van der Waals surface area contributed by atoms with E-state index >= 15 is 0 Å². The monoisotopic (exact) mass is 286 g/mol. The van der Waals surface area contributed by atoms with Gasteiger partial charge in [-0.1, -0.05) is 27.7 Å². The van der Waals surface area contributed by atoms with Gasteiger partial charge in [-0.25, -0.2) is 0 Å². The van der Waals surface area contributed by atoms with Crippen LogP contribution in [-0.2, 0) is 14.4 Å². The molecule has 2 unspecified atom stereocenters. The van der Waals surface area contributed by atoms with E-state index in [0.29, 0.717) is 6.42 Å². The maximum Gasteiger partial charge on any atom is 0.307 e. The number of hydrogen-bond donors (Lipinski definition) is 3. The fraction of sp³-hybridized carbons (Fsp3) is 0.786. The Morgan fingerprint density at radius 1 is 1.15 bits per heavy atom. The van der Waals surface area contributed by atoms with Crippen LogP contribution in [0.25, 0.3) is 0 Å². The van der Waals surface area contributed by atoms with E-state index in [0.717, 1.165) is 0 Å². The van der Waals surface area contributed by atoms with Crippen molar-refractivity contribution in [2.75, 3.05) is 6.54 Å². The molecule has 0 radical (unpaired) electrons. The van der Waals surface area contributed by atoms with Gasteiger partial charge in [0.1, 0.15) is 0 Å². The Bertz CT molecular complexity index is 347. The average molecular weight is 286 g/mol. The fourth-order valence-corrected chi connectivity index (χ4v) is 1.97. The van der Waals surface area contributed by atoms with Gasteiger partial charge in [0.15, 0.2) is 5.78 Å². The van der Waals surface area contributed by atoms with Crippen molar-refractivity contribution in [2.45, 2.75) is 46.6 Å². The highest BCUT2D eigenvalue weighted by molar-refractivity contribution is 5.91. The predicted molar refractivity (Wildman–Crippen MR) is 76.0 cm³/mol. The summed E-state index contributed by atoms with van der Waals surface area (Å²) < 4.78 is 0. The molecular formula is C14H26N2O4. The van der Waals surface area contributed by atoms with Crippen LogP contribution in [0.4, 0.5) is 0 Å². The summed E-state index contributed by atoms with van der Waals surface area (Å²) in [5, 5.41) is 11.6. The van der Waals surface area contributed by atoms with Crippen molar-refractivity contribution in [3.05, 3.63) is 0 Å². The zero-order chi connectivity index (χ0) is 15.9. The molecule has 0 heterocycles. The standard InChI is InChI=1S/C14H26N2O4/c1-8(2)5-10(14(19)20)6-12(17)16-11(7-15)13(18)9(3)4/h8-11H,5-7,15H2,1-4H3,(H,16,17)(H,19,20). The van der Waals surface area contributed by atoms with Crippen LogP contribution in [0.15, 0.2) is 0 Å². The molecule has 0 aliphatic rings. The van der Waals surface area contributed by atoms with Gasteiger partial charge in [0.2, 0.25) is 5.91 Å². The van der Waals surface area contributed by atoms with Gasteiger partial charge in [-0.3, -0.25) is 14.4 Å².